The molecule has 0 aromatic carbocycles. The van der Waals surface area contributed by atoms with Crippen LogP contribution in [0.3, 0.4) is 0 Å². The first kappa shape index (κ1) is 18.4. The van der Waals surface area contributed by atoms with Crippen LogP contribution in [0.4, 0.5) is 0 Å². The Bertz CT molecular complexity index is 954. The van der Waals surface area contributed by atoms with Crippen LogP contribution in [-0.4, -0.2) is 24.9 Å². The van der Waals surface area contributed by atoms with E-state index in [1.54, 1.807) is 0 Å². The molecule has 9 nitrogen and oxygen atoms in total. The van der Waals surface area contributed by atoms with Gasteiger partial charge in [0.15, 0.2) is 5.69 Å². The number of rotatable bonds is 6. The van der Waals surface area contributed by atoms with Gasteiger partial charge in [-0.3, -0.25) is 18.7 Å². The molecule has 0 bridgehead atoms. The molecule has 0 saturated carbocycles. The number of hydrogen-bond acceptors (Lipinski definition) is 6. The van der Waals surface area contributed by atoms with Crippen LogP contribution in [0.15, 0.2) is 32.6 Å². The zero-order valence-corrected chi connectivity index (χ0v) is 14.4. The van der Waals surface area contributed by atoms with Gasteiger partial charge in [-0.25, -0.2) is 14.3 Å². The third-order valence-corrected chi connectivity index (χ3v) is 3.78. The van der Waals surface area contributed by atoms with Crippen molar-refractivity contribution in [3.8, 4) is 0 Å². The van der Waals surface area contributed by atoms with Crippen LogP contribution < -0.4 is 16.8 Å². The van der Waals surface area contributed by atoms with Gasteiger partial charge in [0.25, 0.3) is 11.1 Å². The van der Waals surface area contributed by atoms with Crippen molar-refractivity contribution in [3.05, 3.63) is 60.8 Å². The van der Waals surface area contributed by atoms with Crippen molar-refractivity contribution in [2.75, 3.05) is 0 Å². The Morgan fingerprint density at radius 1 is 1.12 bits per heavy atom. The van der Waals surface area contributed by atoms with Crippen molar-refractivity contribution in [2.45, 2.75) is 32.9 Å². The SMILES string of the molecule is CCCCn1nc(C(=O)OCc2cc(=O)n(C)c(=O)n2C)ccc1=O. The van der Waals surface area contributed by atoms with E-state index in [0.29, 0.717) is 6.54 Å². The standard InChI is InChI=1S/C16H20N4O5/c1-4-5-8-20-13(21)7-6-12(17-20)15(23)25-10-11-9-14(22)19(3)16(24)18(11)2/h6-7,9H,4-5,8,10H2,1-3H3. The lowest BCUT2D eigenvalue weighted by Crippen LogP contribution is -2.38. The van der Waals surface area contributed by atoms with Gasteiger partial charge in [0.05, 0.1) is 5.69 Å². The van der Waals surface area contributed by atoms with E-state index in [2.05, 4.69) is 5.10 Å². The van der Waals surface area contributed by atoms with E-state index in [4.69, 9.17) is 4.74 Å². The summed E-state index contributed by atoms with van der Waals surface area (Å²) in [5.74, 6) is -0.738. The maximum Gasteiger partial charge on any atom is 0.359 e. The molecule has 2 heterocycles. The molecule has 0 aliphatic rings. The predicted octanol–water partition coefficient (Wildman–Crippen LogP) is -0.202. The number of ether oxygens (including phenoxy) is 1. The minimum absolute atomic E-state index is 0.00969. The molecule has 0 radical (unpaired) electrons. The molecule has 25 heavy (non-hydrogen) atoms. The summed E-state index contributed by atoms with van der Waals surface area (Å²) in [7, 11) is 2.85. The highest BCUT2D eigenvalue weighted by molar-refractivity contribution is 5.86. The second-order valence-electron chi connectivity index (χ2n) is 5.58. The summed E-state index contributed by atoms with van der Waals surface area (Å²) in [6.45, 7) is 2.15. The van der Waals surface area contributed by atoms with Crippen molar-refractivity contribution in [1.82, 2.24) is 18.9 Å². The van der Waals surface area contributed by atoms with E-state index in [1.807, 2.05) is 6.92 Å². The fourth-order valence-electron chi connectivity index (χ4n) is 2.16. The van der Waals surface area contributed by atoms with E-state index in [0.717, 1.165) is 17.4 Å². The average molecular weight is 348 g/mol. The predicted molar refractivity (Wildman–Crippen MR) is 89.4 cm³/mol. The molecule has 134 valence electrons. The first-order valence-corrected chi connectivity index (χ1v) is 7.86. The molecule has 0 amide bonds. The van der Waals surface area contributed by atoms with Gasteiger partial charge in [0, 0.05) is 32.8 Å². The highest BCUT2D eigenvalue weighted by Crippen LogP contribution is 2.01. The Morgan fingerprint density at radius 2 is 1.84 bits per heavy atom. The van der Waals surface area contributed by atoms with Crippen molar-refractivity contribution < 1.29 is 9.53 Å². The lowest BCUT2D eigenvalue weighted by atomic mass is 10.3. The summed E-state index contributed by atoms with van der Waals surface area (Å²) in [5, 5.41) is 3.99. The Hall–Kier alpha value is -2.97. The zero-order valence-electron chi connectivity index (χ0n) is 14.4. The van der Waals surface area contributed by atoms with E-state index in [1.165, 1.54) is 41.5 Å². The summed E-state index contributed by atoms with van der Waals surface area (Å²) in [6.07, 6.45) is 1.65. The minimum atomic E-state index is -0.738. The smallest absolute Gasteiger partial charge is 0.359 e. The highest BCUT2D eigenvalue weighted by Gasteiger charge is 2.13. The zero-order chi connectivity index (χ0) is 18.6. The van der Waals surface area contributed by atoms with Crippen molar-refractivity contribution >= 4 is 5.97 Å². The summed E-state index contributed by atoms with van der Waals surface area (Å²) in [5.41, 5.74) is -1.03. The Labute approximate surface area is 143 Å². The van der Waals surface area contributed by atoms with Crippen molar-refractivity contribution in [3.63, 3.8) is 0 Å². The molecule has 0 spiro atoms. The summed E-state index contributed by atoms with van der Waals surface area (Å²) >= 11 is 0. The third-order valence-electron chi connectivity index (χ3n) is 3.78. The minimum Gasteiger partial charge on any atom is -0.454 e. The first-order valence-electron chi connectivity index (χ1n) is 7.86. The van der Waals surface area contributed by atoms with Crippen molar-refractivity contribution in [1.29, 1.82) is 0 Å². The molecule has 0 saturated heterocycles. The normalized spacial score (nSPS) is 10.7. The number of carbonyl (C=O) groups is 1. The van der Waals surface area contributed by atoms with E-state index in [9.17, 15) is 19.2 Å². The van der Waals surface area contributed by atoms with Crippen LogP contribution in [-0.2, 0) is 32.0 Å². The molecule has 2 aromatic rings. The Morgan fingerprint density at radius 3 is 2.52 bits per heavy atom. The summed E-state index contributed by atoms with van der Waals surface area (Å²) in [4.78, 5) is 47.3. The topological polar surface area (TPSA) is 105 Å². The molecule has 9 heteroatoms. The van der Waals surface area contributed by atoms with Crippen molar-refractivity contribution in [2.24, 2.45) is 14.1 Å². The maximum atomic E-state index is 12.1. The Balaban J connectivity index is 2.17. The maximum absolute atomic E-state index is 12.1. The number of nitrogens with zero attached hydrogens (tertiary/aromatic N) is 4. The van der Waals surface area contributed by atoms with Gasteiger partial charge in [0.2, 0.25) is 0 Å². The monoisotopic (exact) mass is 348 g/mol. The van der Waals surface area contributed by atoms with Gasteiger partial charge in [-0.1, -0.05) is 13.3 Å². The lowest BCUT2D eigenvalue weighted by molar-refractivity contribution is 0.0452. The second-order valence-corrected chi connectivity index (χ2v) is 5.58. The number of aromatic nitrogens is 4. The average Bonchev–Trinajstić information content (AvgIpc) is 2.60. The molecule has 2 aromatic heterocycles. The number of esters is 1. The summed E-state index contributed by atoms with van der Waals surface area (Å²) in [6, 6.07) is 3.77. The first-order chi connectivity index (χ1) is 11.8. The summed E-state index contributed by atoms with van der Waals surface area (Å²) < 4.78 is 8.52. The molecular weight excluding hydrogens is 328 g/mol. The van der Waals surface area contributed by atoms with Crippen LogP contribution in [0, 0.1) is 0 Å². The van der Waals surface area contributed by atoms with E-state index < -0.39 is 17.2 Å². The van der Waals surface area contributed by atoms with Gasteiger partial charge in [-0.15, -0.1) is 0 Å². The molecule has 0 aliphatic heterocycles. The molecule has 0 fully saturated rings. The number of hydrogen-bond donors (Lipinski definition) is 0. The number of unbranched alkanes of at least 4 members (excludes halogenated alkanes) is 1. The molecule has 0 unspecified atom stereocenters. The third kappa shape index (κ3) is 4.11. The molecular formula is C16H20N4O5. The largest absolute Gasteiger partial charge is 0.454 e. The van der Waals surface area contributed by atoms with Gasteiger partial charge >= 0.3 is 11.7 Å². The lowest BCUT2D eigenvalue weighted by Gasteiger charge is -2.10. The van der Waals surface area contributed by atoms with Gasteiger partial charge < -0.3 is 4.74 Å². The van der Waals surface area contributed by atoms with Gasteiger partial charge in [0.1, 0.15) is 6.61 Å². The van der Waals surface area contributed by atoms with E-state index >= 15 is 0 Å². The van der Waals surface area contributed by atoms with Gasteiger partial charge in [-0.2, -0.15) is 5.10 Å². The molecule has 0 atom stereocenters. The Kier molecular flexibility index (Phi) is 5.68. The van der Waals surface area contributed by atoms with Crippen LogP contribution in [0.1, 0.15) is 35.9 Å². The molecule has 0 aliphatic carbocycles. The number of aryl methyl sites for hydroxylation is 1. The van der Waals surface area contributed by atoms with Gasteiger partial charge in [-0.05, 0) is 12.5 Å². The van der Waals surface area contributed by atoms with Crippen LogP contribution >= 0.6 is 0 Å². The molecule has 2 rings (SSSR count). The molecule has 0 N–H and O–H groups in total. The fraction of sp³-hybridized carbons (Fsp3) is 0.438. The van der Waals surface area contributed by atoms with Crippen LogP contribution in [0.2, 0.25) is 0 Å². The van der Waals surface area contributed by atoms with Crippen LogP contribution in [0.5, 0.6) is 0 Å². The van der Waals surface area contributed by atoms with E-state index in [-0.39, 0.29) is 23.6 Å². The highest BCUT2D eigenvalue weighted by atomic mass is 16.5. The van der Waals surface area contributed by atoms with Crippen LogP contribution in [0.25, 0.3) is 0 Å². The fourth-order valence-corrected chi connectivity index (χ4v) is 2.16. The second kappa shape index (κ2) is 7.73. The number of carbonyl (C=O) groups excluding carboxylic acids is 1. The quantitative estimate of drug-likeness (QED) is 0.669.